The minimum atomic E-state index is 0. The quantitative estimate of drug-likeness (QED) is 0.342. The van der Waals surface area contributed by atoms with Crippen molar-refractivity contribution < 1.29 is 0 Å². The molecule has 0 amide bonds. The van der Waals surface area contributed by atoms with Gasteiger partial charge in [-0.2, -0.15) is 0 Å². The van der Waals surface area contributed by atoms with Crippen LogP contribution in [0.25, 0.3) is 0 Å². The van der Waals surface area contributed by atoms with Gasteiger partial charge in [0.2, 0.25) is 0 Å². The van der Waals surface area contributed by atoms with Crippen molar-refractivity contribution >= 4 is 41.3 Å². The number of rotatable bonds is 9. The summed E-state index contributed by atoms with van der Waals surface area (Å²) in [6, 6.07) is 0. The molecule has 5 nitrogen and oxygen atoms in total. The van der Waals surface area contributed by atoms with Crippen LogP contribution in [-0.4, -0.2) is 48.6 Å². The molecular formula is C16H32IN5S. The number of nitrogens with zero attached hydrogens (tertiary/aromatic N) is 3. The van der Waals surface area contributed by atoms with Gasteiger partial charge in [-0.1, -0.05) is 27.7 Å². The molecule has 0 fully saturated rings. The third kappa shape index (κ3) is 8.85. The second-order valence-electron chi connectivity index (χ2n) is 5.47. The molecule has 134 valence electrons. The molecule has 0 atom stereocenters. The summed E-state index contributed by atoms with van der Waals surface area (Å²) in [7, 11) is 0. The lowest BCUT2D eigenvalue weighted by atomic mass is 10.2. The van der Waals surface area contributed by atoms with E-state index in [9.17, 15) is 0 Å². The average molecular weight is 453 g/mol. The number of aliphatic imine (C=N–C) groups is 1. The molecule has 23 heavy (non-hydrogen) atoms. The topological polar surface area (TPSA) is 52.6 Å². The Morgan fingerprint density at radius 2 is 1.96 bits per heavy atom. The number of hydrogen-bond donors (Lipinski definition) is 2. The van der Waals surface area contributed by atoms with E-state index < -0.39 is 0 Å². The Balaban J connectivity index is 0.00000484. The van der Waals surface area contributed by atoms with Crippen molar-refractivity contribution in [3.8, 4) is 0 Å². The Labute approximate surface area is 162 Å². The average Bonchev–Trinajstić information content (AvgIpc) is 2.98. The maximum Gasteiger partial charge on any atom is 0.191 e. The van der Waals surface area contributed by atoms with Crippen molar-refractivity contribution in [2.24, 2.45) is 4.99 Å². The summed E-state index contributed by atoms with van der Waals surface area (Å²) in [5.74, 6) is 1.35. The van der Waals surface area contributed by atoms with E-state index in [0.29, 0.717) is 12.5 Å². The van der Waals surface area contributed by atoms with Gasteiger partial charge >= 0.3 is 0 Å². The molecule has 0 spiro atoms. The van der Waals surface area contributed by atoms with Crippen molar-refractivity contribution in [1.29, 1.82) is 0 Å². The zero-order valence-corrected chi connectivity index (χ0v) is 18.2. The molecule has 0 saturated carbocycles. The van der Waals surface area contributed by atoms with E-state index in [2.05, 4.69) is 65.5 Å². The molecule has 0 unspecified atom stereocenters. The van der Waals surface area contributed by atoms with Crippen LogP contribution in [0.1, 0.15) is 51.2 Å². The Morgan fingerprint density at radius 1 is 1.26 bits per heavy atom. The maximum atomic E-state index is 4.63. The fourth-order valence-corrected chi connectivity index (χ4v) is 2.90. The van der Waals surface area contributed by atoms with E-state index >= 15 is 0 Å². The molecule has 0 aliphatic heterocycles. The first-order chi connectivity index (χ1) is 10.6. The summed E-state index contributed by atoms with van der Waals surface area (Å²) in [5, 5.41) is 9.89. The molecule has 0 radical (unpaired) electrons. The van der Waals surface area contributed by atoms with Gasteiger partial charge in [0.25, 0.3) is 0 Å². The van der Waals surface area contributed by atoms with E-state index in [4.69, 9.17) is 0 Å². The molecule has 1 aromatic rings. The van der Waals surface area contributed by atoms with Crippen LogP contribution in [0.15, 0.2) is 10.4 Å². The van der Waals surface area contributed by atoms with Crippen LogP contribution in [0.5, 0.6) is 0 Å². The predicted molar refractivity (Wildman–Crippen MR) is 112 cm³/mol. The number of aromatic nitrogens is 1. The Hall–Kier alpha value is -0.410. The fourth-order valence-electron chi connectivity index (χ4n) is 2.02. The Morgan fingerprint density at radius 3 is 2.48 bits per heavy atom. The molecule has 0 aliphatic rings. The van der Waals surface area contributed by atoms with Crippen molar-refractivity contribution in [3.05, 3.63) is 16.1 Å². The molecule has 2 N–H and O–H groups in total. The molecule has 0 saturated heterocycles. The van der Waals surface area contributed by atoms with Crippen LogP contribution in [0, 0.1) is 0 Å². The molecule has 1 aromatic heterocycles. The molecule has 1 rings (SSSR count). The normalized spacial score (nSPS) is 11.7. The van der Waals surface area contributed by atoms with Crippen molar-refractivity contribution in [3.63, 3.8) is 0 Å². The zero-order valence-electron chi connectivity index (χ0n) is 15.1. The summed E-state index contributed by atoms with van der Waals surface area (Å²) in [6.45, 7) is 16.4. The number of thiazole rings is 1. The van der Waals surface area contributed by atoms with Crippen molar-refractivity contribution in [2.45, 2.75) is 47.1 Å². The molecule has 7 heteroatoms. The molecule has 0 aliphatic carbocycles. The van der Waals surface area contributed by atoms with E-state index in [0.717, 1.165) is 49.4 Å². The van der Waals surface area contributed by atoms with Gasteiger partial charge in [0.05, 0.1) is 12.2 Å². The standard InChI is InChI=1S/C16H31N5S.HI/c1-6-17-16(18-9-10-21(7-2)8-3)19-11-15-20-14(12-22-15)13(4)5;/h12-13H,6-11H2,1-5H3,(H2,17,18,19);1H. The highest BCUT2D eigenvalue weighted by atomic mass is 127. The molecule has 0 bridgehead atoms. The van der Waals surface area contributed by atoms with Crippen LogP contribution < -0.4 is 10.6 Å². The van der Waals surface area contributed by atoms with E-state index in [-0.39, 0.29) is 24.0 Å². The van der Waals surface area contributed by atoms with E-state index in [1.165, 1.54) is 0 Å². The van der Waals surface area contributed by atoms with E-state index in [1.54, 1.807) is 11.3 Å². The van der Waals surface area contributed by atoms with Crippen LogP contribution >= 0.6 is 35.3 Å². The van der Waals surface area contributed by atoms with Gasteiger partial charge in [-0.05, 0) is 25.9 Å². The third-order valence-corrected chi connectivity index (χ3v) is 4.34. The van der Waals surface area contributed by atoms with Crippen LogP contribution in [-0.2, 0) is 6.54 Å². The second kappa shape index (κ2) is 12.9. The molecule has 1 heterocycles. The second-order valence-corrected chi connectivity index (χ2v) is 6.41. The SMILES string of the molecule is CCNC(=NCc1nc(C(C)C)cs1)NCCN(CC)CC.I. The zero-order chi connectivity index (χ0) is 16.4. The highest BCUT2D eigenvalue weighted by Crippen LogP contribution is 2.18. The largest absolute Gasteiger partial charge is 0.357 e. The smallest absolute Gasteiger partial charge is 0.191 e. The maximum absolute atomic E-state index is 4.63. The van der Waals surface area contributed by atoms with E-state index in [1.807, 2.05) is 0 Å². The lowest BCUT2D eigenvalue weighted by molar-refractivity contribution is 0.308. The highest BCUT2D eigenvalue weighted by molar-refractivity contribution is 14.0. The highest BCUT2D eigenvalue weighted by Gasteiger charge is 2.06. The predicted octanol–water partition coefficient (Wildman–Crippen LogP) is 3.28. The third-order valence-electron chi connectivity index (χ3n) is 3.49. The minimum absolute atomic E-state index is 0. The molecule has 0 aromatic carbocycles. The minimum Gasteiger partial charge on any atom is -0.357 e. The van der Waals surface area contributed by atoms with Crippen molar-refractivity contribution in [1.82, 2.24) is 20.5 Å². The van der Waals surface area contributed by atoms with Gasteiger partial charge in [-0.15, -0.1) is 35.3 Å². The first kappa shape index (κ1) is 22.6. The van der Waals surface area contributed by atoms with Gasteiger partial charge in [0, 0.05) is 25.0 Å². The van der Waals surface area contributed by atoms with Gasteiger partial charge in [0.1, 0.15) is 5.01 Å². The Kier molecular flexibility index (Phi) is 12.7. The first-order valence-corrected chi connectivity index (χ1v) is 9.17. The van der Waals surface area contributed by atoms with Gasteiger partial charge in [0.15, 0.2) is 5.96 Å². The fraction of sp³-hybridized carbons (Fsp3) is 0.750. The van der Waals surface area contributed by atoms with Crippen LogP contribution in [0.4, 0.5) is 0 Å². The summed E-state index contributed by atoms with van der Waals surface area (Å²) in [6.07, 6.45) is 0. The molecular weight excluding hydrogens is 421 g/mol. The summed E-state index contributed by atoms with van der Waals surface area (Å²) in [4.78, 5) is 11.6. The van der Waals surface area contributed by atoms with Crippen molar-refractivity contribution in [2.75, 3.05) is 32.7 Å². The monoisotopic (exact) mass is 453 g/mol. The van der Waals surface area contributed by atoms with Gasteiger partial charge in [-0.3, -0.25) is 0 Å². The number of nitrogens with one attached hydrogen (secondary N) is 2. The summed E-state index contributed by atoms with van der Waals surface area (Å²) in [5.41, 5.74) is 1.16. The Bertz CT molecular complexity index is 443. The summed E-state index contributed by atoms with van der Waals surface area (Å²) >= 11 is 1.69. The van der Waals surface area contributed by atoms with Crippen LogP contribution in [0.3, 0.4) is 0 Å². The number of hydrogen-bond acceptors (Lipinski definition) is 4. The van der Waals surface area contributed by atoms with Crippen LogP contribution in [0.2, 0.25) is 0 Å². The van der Waals surface area contributed by atoms with Gasteiger partial charge in [-0.25, -0.2) is 9.98 Å². The summed E-state index contributed by atoms with van der Waals surface area (Å²) < 4.78 is 0. The lowest BCUT2D eigenvalue weighted by Crippen LogP contribution is -2.41. The first-order valence-electron chi connectivity index (χ1n) is 8.29. The van der Waals surface area contributed by atoms with Gasteiger partial charge < -0.3 is 15.5 Å². The number of likely N-dealkylation sites (N-methyl/N-ethyl adjacent to an activating group) is 1. The number of halogens is 1. The lowest BCUT2D eigenvalue weighted by Gasteiger charge is -2.19. The number of guanidine groups is 1.